The first kappa shape index (κ1) is 25.7. The SMILES string of the molecule is COC(=O)/C=C(\C(=O)OC)c1c2c3c(c(C(=O)OC)c(C(=O)OC)cn3c1N1CCCCC1)C=CC=C2. The van der Waals surface area contributed by atoms with E-state index in [1.54, 1.807) is 28.7 Å². The molecular formula is C27H28N2O8. The lowest BCUT2D eigenvalue weighted by Crippen LogP contribution is -2.31. The zero-order valence-corrected chi connectivity index (χ0v) is 21.2. The molecule has 0 amide bonds. The number of pyridine rings is 1. The van der Waals surface area contributed by atoms with Crippen LogP contribution in [0.15, 0.2) is 24.4 Å². The van der Waals surface area contributed by atoms with E-state index < -0.39 is 23.9 Å². The van der Waals surface area contributed by atoms with E-state index in [0.29, 0.717) is 41.1 Å². The monoisotopic (exact) mass is 508 g/mol. The lowest BCUT2D eigenvalue weighted by molar-refractivity contribution is -0.136. The number of piperidine rings is 1. The third-order valence-corrected chi connectivity index (χ3v) is 6.49. The van der Waals surface area contributed by atoms with Gasteiger partial charge in [-0.1, -0.05) is 24.3 Å². The Morgan fingerprint density at radius 3 is 1.97 bits per heavy atom. The molecule has 1 saturated heterocycles. The lowest BCUT2D eigenvalue weighted by Gasteiger charge is -2.30. The summed E-state index contributed by atoms with van der Waals surface area (Å²) in [6.07, 6.45) is 12.5. The average Bonchev–Trinajstić information content (AvgIpc) is 3.09. The Labute approximate surface area is 213 Å². The zero-order chi connectivity index (χ0) is 26.7. The second-order valence-electron chi connectivity index (χ2n) is 8.48. The van der Waals surface area contributed by atoms with E-state index in [1.807, 2.05) is 0 Å². The van der Waals surface area contributed by atoms with Gasteiger partial charge in [-0.2, -0.15) is 0 Å². The molecule has 0 bridgehead atoms. The second kappa shape index (κ2) is 10.7. The van der Waals surface area contributed by atoms with Crippen LogP contribution >= 0.6 is 0 Å². The number of esters is 4. The number of carbonyl (C=O) groups excluding carboxylic acids is 4. The summed E-state index contributed by atoms with van der Waals surface area (Å²) in [6, 6.07) is 0. The van der Waals surface area contributed by atoms with Crippen LogP contribution in [-0.4, -0.2) is 69.8 Å². The van der Waals surface area contributed by atoms with Gasteiger partial charge in [-0.25, -0.2) is 19.2 Å². The van der Waals surface area contributed by atoms with Crippen molar-refractivity contribution in [2.24, 2.45) is 0 Å². The van der Waals surface area contributed by atoms with Gasteiger partial charge in [0.05, 0.1) is 50.7 Å². The Hall–Kier alpha value is -4.34. The number of carbonyl (C=O) groups is 4. The Morgan fingerprint density at radius 1 is 0.784 bits per heavy atom. The summed E-state index contributed by atoms with van der Waals surface area (Å²) in [5, 5.41) is 0. The minimum Gasteiger partial charge on any atom is -0.466 e. The number of methoxy groups -OCH3 is 4. The van der Waals surface area contributed by atoms with E-state index in [2.05, 4.69) is 4.90 Å². The number of rotatable bonds is 6. The summed E-state index contributed by atoms with van der Waals surface area (Å²) in [7, 11) is 4.92. The molecule has 2 aromatic heterocycles. The topological polar surface area (TPSA) is 113 Å². The van der Waals surface area contributed by atoms with Gasteiger partial charge in [-0.05, 0) is 19.3 Å². The van der Waals surface area contributed by atoms with Gasteiger partial charge >= 0.3 is 23.9 Å². The standard InChI is InChI=1S/C27H28N2O8/c1-34-20(30)14-18(25(31)35-2)21-16-10-6-7-11-17-22(27(33)37-4)19(26(32)36-3)15-29(23(16)17)24(21)28-12-8-5-9-13-28/h6-7,10-11,14-15H,5,8-9,12-13H2,1-4H3/b18-14-. The normalized spacial score (nSPS) is 14.8. The fraction of sp³-hybridized carbons (Fsp3) is 0.333. The molecule has 2 aliphatic rings. The molecule has 0 N–H and O–H groups in total. The van der Waals surface area contributed by atoms with Crippen molar-refractivity contribution in [2.45, 2.75) is 19.3 Å². The average molecular weight is 509 g/mol. The van der Waals surface area contributed by atoms with E-state index >= 15 is 0 Å². The first-order valence-corrected chi connectivity index (χ1v) is 11.8. The number of aromatic nitrogens is 1. The Balaban J connectivity index is 2.23. The predicted molar refractivity (Wildman–Crippen MR) is 136 cm³/mol. The van der Waals surface area contributed by atoms with Gasteiger partial charge in [0, 0.05) is 42.1 Å². The number of nitrogens with zero attached hydrogens (tertiary/aromatic N) is 2. The molecule has 0 atom stereocenters. The van der Waals surface area contributed by atoms with E-state index in [9.17, 15) is 19.2 Å². The molecular weight excluding hydrogens is 480 g/mol. The molecule has 0 radical (unpaired) electrons. The maximum atomic E-state index is 13.1. The van der Waals surface area contributed by atoms with Crippen LogP contribution in [0.1, 0.15) is 56.7 Å². The Morgan fingerprint density at radius 2 is 1.41 bits per heavy atom. The molecule has 0 spiro atoms. The molecule has 0 unspecified atom stereocenters. The quantitative estimate of drug-likeness (QED) is 0.330. The van der Waals surface area contributed by atoms with Crippen LogP contribution < -0.4 is 4.90 Å². The van der Waals surface area contributed by atoms with Crippen molar-refractivity contribution in [3.8, 4) is 0 Å². The molecule has 10 nitrogen and oxygen atoms in total. The molecule has 1 aliphatic carbocycles. The summed E-state index contributed by atoms with van der Waals surface area (Å²) in [6.45, 7) is 1.37. The molecule has 0 aromatic carbocycles. The fourth-order valence-electron chi connectivity index (χ4n) is 4.87. The maximum Gasteiger partial charge on any atom is 0.340 e. The van der Waals surface area contributed by atoms with Crippen molar-refractivity contribution in [3.63, 3.8) is 0 Å². The number of ether oxygens (including phenoxy) is 4. The second-order valence-corrected chi connectivity index (χ2v) is 8.48. The highest BCUT2D eigenvalue weighted by atomic mass is 16.5. The van der Waals surface area contributed by atoms with Crippen molar-refractivity contribution < 1.29 is 38.1 Å². The van der Waals surface area contributed by atoms with Crippen LogP contribution in [0.3, 0.4) is 0 Å². The molecule has 1 aliphatic heterocycles. The molecule has 37 heavy (non-hydrogen) atoms. The number of anilines is 1. The first-order chi connectivity index (χ1) is 17.9. The molecule has 3 heterocycles. The molecule has 10 heteroatoms. The fourth-order valence-corrected chi connectivity index (χ4v) is 4.87. The summed E-state index contributed by atoms with van der Waals surface area (Å²) < 4.78 is 21.7. The summed E-state index contributed by atoms with van der Waals surface area (Å²) in [5.41, 5.74) is 2.02. The van der Waals surface area contributed by atoms with Crippen LogP contribution in [0.5, 0.6) is 0 Å². The summed E-state index contributed by atoms with van der Waals surface area (Å²) in [4.78, 5) is 53.3. The van der Waals surface area contributed by atoms with Crippen LogP contribution in [0.2, 0.25) is 0 Å². The minimum absolute atomic E-state index is 0.00586. The Kier molecular flexibility index (Phi) is 7.47. The number of hydrogen-bond donors (Lipinski definition) is 0. The highest BCUT2D eigenvalue weighted by Crippen LogP contribution is 2.42. The van der Waals surface area contributed by atoms with Gasteiger partial charge in [0.25, 0.3) is 0 Å². The summed E-state index contributed by atoms with van der Waals surface area (Å²) in [5.74, 6) is -2.30. The minimum atomic E-state index is -0.732. The third kappa shape index (κ3) is 4.50. The van der Waals surface area contributed by atoms with Crippen LogP contribution in [0.25, 0.3) is 23.2 Å². The van der Waals surface area contributed by atoms with E-state index in [0.717, 1.165) is 25.3 Å². The number of allylic oxidation sites excluding steroid dienone is 2. The molecule has 1 fully saturated rings. The highest BCUT2D eigenvalue weighted by molar-refractivity contribution is 6.24. The van der Waals surface area contributed by atoms with Gasteiger partial charge < -0.3 is 28.2 Å². The predicted octanol–water partition coefficient (Wildman–Crippen LogP) is 3.27. The largest absolute Gasteiger partial charge is 0.466 e. The van der Waals surface area contributed by atoms with Gasteiger partial charge in [0.15, 0.2) is 0 Å². The van der Waals surface area contributed by atoms with Crippen molar-refractivity contribution in [3.05, 3.63) is 52.2 Å². The van der Waals surface area contributed by atoms with Crippen LogP contribution in [-0.2, 0) is 28.5 Å². The molecule has 2 aromatic rings. The Bertz CT molecular complexity index is 1370. The zero-order valence-electron chi connectivity index (χ0n) is 21.2. The van der Waals surface area contributed by atoms with Gasteiger partial charge in [0.1, 0.15) is 5.82 Å². The number of hydrogen-bond acceptors (Lipinski definition) is 9. The summed E-state index contributed by atoms with van der Waals surface area (Å²) >= 11 is 0. The maximum absolute atomic E-state index is 13.1. The van der Waals surface area contributed by atoms with E-state index in [4.69, 9.17) is 18.9 Å². The smallest absolute Gasteiger partial charge is 0.340 e. The van der Waals surface area contributed by atoms with Gasteiger partial charge in [-0.3, -0.25) is 0 Å². The van der Waals surface area contributed by atoms with Gasteiger partial charge in [0.2, 0.25) is 0 Å². The first-order valence-electron chi connectivity index (χ1n) is 11.8. The molecule has 4 rings (SSSR count). The third-order valence-electron chi connectivity index (χ3n) is 6.49. The van der Waals surface area contributed by atoms with Crippen molar-refractivity contribution >= 4 is 52.9 Å². The van der Waals surface area contributed by atoms with Gasteiger partial charge in [-0.15, -0.1) is 0 Å². The molecule has 0 saturated carbocycles. The van der Waals surface area contributed by atoms with Crippen molar-refractivity contribution in [1.82, 2.24) is 4.40 Å². The van der Waals surface area contributed by atoms with Crippen LogP contribution in [0.4, 0.5) is 5.82 Å². The van der Waals surface area contributed by atoms with E-state index in [1.165, 1.54) is 34.6 Å². The van der Waals surface area contributed by atoms with Crippen LogP contribution in [0, 0.1) is 0 Å². The van der Waals surface area contributed by atoms with Crippen molar-refractivity contribution in [2.75, 3.05) is 46.4 Å². The highest BCUT2D eigenvalue weighted by Gasteiger charge is 2.34. The lowest BCUT2D eigenvalue weighted by atomic mass is 9.97. The molecule has 194 valence electrons. The van der Waals surface area contributed by atoms with E-state index in [-0.39, 0.29) is 16.7 Å². The van der Waals surface area contributed by atoms with Crippen molar-refractivity contribution in [1.29, 1.82) is 0 Å².